The molecular formula is C32H29F3N2O5. The highest BCUT2D eigenvalue weighted by molar-refractivity contribution is 6.03. The van der Waals surface area contributed by atoms with E-state index in [1.54, 1.807) is 24.3 Å². The van der Waals surface area contributed by atoms with Crippen LogP contribution in [0, 0.1) is 0 Å². The lowest BCUT2D eigenvalue weighted by Gasteiger charge is -2.23. The smallest absolute Gasteiger partial charge is 0.416 e. The molecule has 1 fully saturated rings. The van der Waals surface area contributed by atoms with Crippen LogP contribution >= 0.6 is 0 Å². The van der Waals surface area contributed by atoms with E-state index in [4.69, 9.17) is 9.47 Å². The zero-order valence-corrected chi connectivity index (χ0v) is 22.5. The number of anilines is 2. The number of nitrogens with one attached hydrogen (secondary N) is 2. The highest BCUT2D eigenvalue weighted by Gasteiger charge is 2.30. The fraction of sp³-hybridized carbons (Fsp3) is 0.250. The van der Waals surface area contributed by atoms with Crippen molar-refractivity contribution in [2.45, 2.75) is 37.6 Å². The summed E-state index contributed by atoms with van der Waals surface area (Å²) in [6, 6.07) is 17.1. The molecule has 0 aromatic heterocycles. The second kappa shape index (κ2) is 12.6. The largest absolute Gasteiger partial charge is 0.490 e. The minimum absolute atomic E-state index is 0.0609. The lowest BCUT2D eigenvalue weighted by molar-refractivity contribution is -0.137. The van der Waals surface area contributed by atoms with E-state index < -0.39 is 29.7 Å². The van der Waals surface area contributed by atoms with Crippen LogP contribution in [0.1, 0.15) is 35.1 Å². The van der Waals surface area contributed by atoms with Crippen molar-refractivity contribution in [2.75, 3.05) is 23.8 Å². The zero-order chi connectivity index (χ0) is 29.7. The summed E-state index contributed by atoms with van der Waals surface area (Å²) in [7, 11) is 0. The van der Waals surface area contributed by atoms with Crippen LogP contribution in [0.3, 0.4) is 0 Å². The lowest BCUT2D eigenvalue weighted by Crippen LogP contribution is -2.34. The van der Waals surface area contributed by atoms with Crippen molar-refractivity contribution < 1.29 is 37.3 Å². The van der Waals surface area contributed by atoms with Gasteiger partial charge in [0.15, 0.2) is 0 Å². The van der Waals surface area contributed by atoms with Gasteiger partial charge in [-0.2, -0.15) is 13.2 Å². The Morgan fingerprint density at radius 3 is 2.33 bits per heavy atom. The van der Waals surface area contributed by atoms with Gasteiger partial charge >= 0.3 is 6.18 Å². The topological polar surface area (TPSA) is 96.9 Å². The molecule has 2 heterocycles. The molecule has 0 radical (unpaired) electrons. The number of carbonyl (C=O) groups excluding carboxylic acids is 2. The van der Waals surface area contributed by atoms with Crippen molar-refractivity contribution in [3.63, 3.8) is 0 Å². The Labute approximate surface area is 240 Å². The maximum Gasteiger partial charge on any atom is 0.416 e. The molecule has 5 rings (SSSR count). The summed E-state index contributed by atoms with van der Waals surface area (Å²) >= 11 is 0. The molecule has 0 aliphatic carbocycles. The number of hydrogen-bond donors (Lipinski definition) is 3. The predicted molar refractivity (Wildman–Crippen MR) is 152 cm³/mol. The van der Waals surface area contributed by atoms with Crippen molar-refractivity contribution in [1.82, 2.24) is 0 Å². The van der Waals surface area contributed by atoms with Crippen molar-refractivity contribution in [3.8, 4) is 5.75 Å². The van der Waals surface area contributed by atoms with Gasteiger partial charge in [-0.25, -0.2) is 0 Å². The van der Waals surface area contributed by atoms with E-state index >= 15 is 0 Å². The molecule has 1 saturated heterocycles. The molecule has 0 spiro atoms. The summed E-state index contributed by atoms with van der Waals surface area (Å²) < 4.78 is 50.9. The molecule has 3 N–H and O–H groups in total. The molecule has 7 nitrogen and oxygen atoms in total. The number of rotatable bonds is 7. The summed E-state index contributed by atoms with van der Waals surface area (Å²) in [4.78, 5) is 24.5. The van der Waals surface area contributed by atoms with Crippen molar-refractivity contribution in [3.05, 3.63) is 107 Å². The predicted octanol–water partition coefficient (Wildman–Crippen LogP) is 5.75. The quantitative estimate of drug-likeness (QED) is 0.245. The fourth-order valence-corrected chi connectivity index (χ4v) is 4.85. The maximum absolute atomic E-state index is 13.2. The van der Waals surface area contributed by atoms with Gasteiger partial charge in [0.25, 0.3) is 5.91 Å². The number of carbonyl (C=O) groups is 2. The normalized spacial score (nSPS) is 18.0. The minimum atomic E-state index is -4.46. The van der Waals surface area contributed by atoms with E-state index in [1.807, 2.05) is 24.3 Å². The van der Waals surface area contributed by atoms with Crippen LogP contribution in [0.2, 0.25) is 0 Å². The molecule has 10 heteroatoms. The number of hydrogen-bond acceptors (Lipinski definition) is 5. The Morgan fingerprint density at radius 2 is 1.67 bits per heavy atom. The molecule has 1 atom stereocenters. The second-order valence-electron chi connectivity index (χ2n) is 10.00. The maximum atomic E-state index is 13.2. The number of aliphatic hydroxyl groups is 1. The minimum Gasteiger partial charge on any atom is -0.490 e. The third-order valence-corrected chi connectivity index (χ3v) is 7.06. The van der Waals surface area contributed by atoms with Gasteiger partial charge in [-0.1, -0.05) is 42.5 Å². The third-order valence-electron chi connectivity index (χ3n) is 7.06. The first kappa shape index (κ1) is 29.1. The van der Waals surface area contributed by atoms with Crippen LogP contribution in [0.5, 0.6) is 5.75 Å². The van der Waals surface area contributed by atoms with Crippen LogP contribution in [0.25, 0.3) is 5.57 Å². The van der Waals surface area contributed by atoms with Gasteiger partial charge in [-0.05, 0) is 53.1 Å². The van der Waals surface area contributed by atoms with Gasteiger partial charge in [-0.15, -0.1) is 0 Å². The number of ether oxygens (including phenoxy) is 2. The molecular weight excluding hydrogens is 549 g/mol. The van der Waals surface area contributed by atoms with Gasteiger partial charge < -0.3 is 25.2 Å². The second-order valence-corrected chi connectivity index (χ2v) is 10.00. The third kappa shape index (κ3) is 7.07. The number of aliphatic hydroxyl groups excluding tert-OH is 1. The van der Waals surface area contributed by atoms with Gasteiger partial charge in [0.05, 0.1) is 18.8 Å². The standard InChI is InChI=1S/C32H29F3N2O5/c33-32(34,35)22-11-7-20(8-12-22)25(21-9-13-23(14-10-21)42-24-15-17-41-18-16-24)3-1-6-30(39)36-27-4-2-5-28-26(27)19-29(38)31(40)37-28/h1-14,24,29,38H,15-19H2,(H,36,39)(H,37,40)/b6-1+,25-3+. The summed E-state index contributed by atoms with van der Waals surface area (Å²) in [5.41, 5.74) is 2.68. The van der Waals surface area contributed by atoms with Crippen LogP contribution in [-0.4, -0.2) is 42.3 Å². The van der Waals surface area contributed by atoms with E-state index in [1.165, 1.54) is 24.3 Å². The first-order valence-corrected chi connectivity index (χ1v) is 13.5. The SMILES string of the molecule is O=C(/C=C/C=C(/c1ccc(OC2CCOCC2)cc1)c1ccc(C(F)(F)F)cc1)Nc1cccc2c1CC(O)C(=O)N2. The molecule has 42 heavy (non-hydrogen) atoms. The molecule has 3 aromatic carbocycles. The summed E-state index contributed by atoms with van der Waals surface area (Å²) in [6.45, 7) is 1.30. The number of amides is 2. The summed E-state index contributed by atoms with van der Waals surface area (Å²) in [6.07, 6.45) is 0.510. The van der Waals surface area contributed by atoms with Crippen molar-refractivity contribution >= 4 is 28.8 Å². The van der Waals surface area contributed by atoms with Crippen LogP contribution in [0.4, 0.5) is 24.5 Å². The first-order valence-electron chi connectivity index (χ1n) is 13.5. The van der Waals surface area contributed by atoms with E-state index in [0.717, 1.165) is 30.5 Å². The molecule has 0 bridgehead atoms. The summed E-state index contributed by atoms with van der Waals surface area (Å²) in [5.74, 6) is -0.284. The molecule has 218 valence electrons. The Morgan fingerprint density at radius 1 is 1.00 bits per heavy atom. The Kier molecular flexibility index (Phi) is 8.75. The average molecular weight is 579 g/mol. The average Bonchev–Trinajstić information content (AvgIpc) is 2.97. The van der Waals surface area contributed by atoms with Gasteiger partial charge in [0, 0.05) is 42.3 Å². The molecule has 3 aromatic rings. The van der Waals surface area contributed by atoms with Crippen molar-refractivity contribution in [2.24, 2.45) is 0 Å². The van der Waals surface area contributed by atoms with Crippen LogP contribution < -0.4 is 15.4 Å². The van der Waals surface area contributed by atoms with Crippen molar-refractivity contribution in [1.29, 1.82) is 0 Å². The van der Waals surface area contributed by atoms with E-state index in [2.05, 4.69) is 10.6 Å². The lowest BCUT2D eigenvalue weighted by atomic mass is 9.96. The van der Waals surface area contributed by atoms with Crippen LogP contribution in [0.15, 0.2) is 85.0 Å². The number of fused-ring (bicyclic) bond motifs is 1. The van der Waals surface area contributed by atoms with Crippen LogP contribution in [-0.2, 0) is 26.9 Å². The zero-order valence-electron chi connectivity index (χ0n) is 22.5. The van der Waals surface area contributed by atoms with Gasteiger partial charge in [0.1, 0.15) is 18.0 Å². The Bertz CT molecular complexity index is 1490. The number of alkyl halides is 3. The van der Waals surface area contributed by atoms with Gasteiger partial charge in [0.2, 0.25) is 5.91 Å². The van der Waals surface area contributed by atoms with E-state index in [9.17, 15) is 27.9 Å². The number of benzene rings is 3. The highest BCUT2D eigenvalue weighted by Crippen LogP contribution is 2.33. The van der Waals surface area contributed by atoms with Gasteiger partial charge in [-0.3, -0.25) is 9.59 Å². The monoisotopic (exact) mass is 578 g/mol. The fourth-order valence-electron chi connectivity index (χ4n) is 4.85. The first-order chi connectivity index (χ1) is 20.2. The summed E-state index contributed by atoms with van der Waals surface area (Å²) in [5, 5.41) is 15.3. The number of allylic oxidation sites excluding steroid dienone is 2. The highest BCUT2D eigenvalue weighted by atomic mass is 19.4. The Hall–Kier alpha value is -4.41. The molecule has 0 saturated carbocycles. The van der Waals surface area contributed by atoms with E-state index in [0.29, 0.717) is 47.0 Å². The molecule has 1 unspecified atom stereocenters. The molecule has 2 amide bonds. The molecule has 2 aliphatic rings. The number of halogens is 3. The molecule has 2 aliphatic heterocycles. The Balaban J connectivity index is 1.37. The van der Waals surface area contributed by atoms with E-state index in [-0.39, 0.29) is 12.5 Å².